The highest BCUT2D eigenvalue weighted by Crippen LogP contribution is 2.26. The SMILES string of the molecule is COC(=O)c1cc(NC(C)C2CCOC2)cc(C)c1N. The molecule has 3 N–H and O–H groups in total. The Morgan fingerprint density at radius 2 is 2.30 bits per heavy atom. The van der Waals surface area contributed by atoms with Crippen LogP contribution in [0.1, 0.15) is 29.3 Å². The summed E-state index contributed by atoms with van der Waals surface area (Å²) in [7, 11) is 1.36. The van der Waals surface area contributed by atoms with Gasteiger partial charge in [-0.1, -0.05) is 0 Å². The molecule has 5 nitrogen and oxygen atoms in total. The fourth-order valence-electron chi connectivity index (χ4n) is 2.49. The van der Waals surface area contributed by atoms with Crippen molar-refractivity contribution in [2.75, 3.05) is 31.4 Å². The van der Waals surface area contributed by atoms with E-state index in [0.29, 0.717) is 17.2 Å². The van der Waals surface area contributed by atoms with Gasteiger partial charge in [0, 0.05) is 29.9 Å². The van der Waals surface area contributed by atoms with E-state index in [-0.39, 0.29) is 6.04 Å². The van der Waals surface area contributed by atoms with Gasteiger partial charge in [-0.25, -0.2) is 4.79 Å². The second kappa shape index (κ2) is 6.13. The van der Waals surface area contributed by atoms with E-state index in [0.717, 1.165) is 30.9 Å². The van der Waals surface area contributed by atoms with E-state index in [4.69, 9.17) is 15.2 Å². The van der Waals surface area contributed by atoms with Crippen molar-refractivity contribution in [1.82, 2.24) is 0 Å². The van der Waals surface area contributed by atoms with Crippen molar-refractivity contribution < 1.29 is 14.3 Å². The van der Waals surface area contributed by atoms with Gasteiger partial charge in [0.15, 0.2) is 0 Å². The Morgan fingerprint density at radius 3 is 2.90 bits per heavy atom. The van der Waals surface area contributed by atoms with Crippen molar-refractivity contribution in [2.24, 2.45) is 5.92 Å². The number of esters is 1. The Kier molecular flexibility index (Phi) is 4.49. The molecule has 2 rings (SSSR count). The molecule has 0 amide bonds. The van der Waals surface area contributed by atoms with Gasteiger partial charge in [0.05, 0.1) is 19.3 Å². The predicted octanol–water partition coefficient (Wildman–Crippen LogP) is 2.20. The number of carbonyl (C=O) groups is 1. The topological polar surface area (TPSA) is 73.6 Å². The summed E-state index contributed by atoms with van der Waals surface area (Å²) in [6.07, 6.45) is 1.06. The maximum atomic E-state index is 11.7. The molecular weight excluding hydrogens is 256 g/mol. The highest BCUT2D eigenvalue weighted by Gasteiger charge is 2.23. The Balaban J connectivity index is 2.19. The Hall–Kier alpha value is -1.75. The summed E-state index contributed by atoms with van der Waals surface area (Å²) < 4.78 is 10.2. The summed E-state index contributed by atoms with van der Waals surface area (Å²) in [6, 6.07) is 3.99. The van der Waals surface area contributed by atoms with Crippen LogP contribution in [0.5, 0.6) is 0 Å². The molecule has 0 radical (unpaired) electrons. The number of aryl methyl sites for hydroxylation is 1. The summed E-state index contributed by atoms with van der Waals surface area (Å²) in [4.78, 5) is 11.7. The summed E-state index contributed by atoms with van der Waals surface area (Å²) in [5, 5.41) is 3.43. The zero-order valence-electron chi connectivity index (χ0n) is 12.2. The minimum atomic E-state index is -0.411. The zero-order valence-corrected chi connectivity index (χ0v) is 12.2. The zero-order chi connectivity index (χ0) is 14.7. The molecule has 1 heterocycles. The van der Waals surface area contributed by atoms with Gasteiger partial charge in [0.25, 0.3) is 0 Å². The number of nitrogens with one attached hydrogen (secondary N) is 1. The lowest BCUT2D eigenvalue weighted by Gasteiger charge is -2.21. The largest absolute Gasteiger partial charge is 0.465 e. The first-order valence-corrected chi connectivity index (χ1v) is 6.85. The second-order valence-corrected chi connectivity index (χ2v) is 5.30. The highest BCUT2D eigenvalue weighted by molar-refractivity contribution is 5.97. The van der Waals surface area contributed by atoms with E-state index in [9.17, 15) is 4.79 Å². The molecule has 1 aromatic carbocycles. The summed E-state index contributed by atoms with van der Waals surface area (Å²) in [6.45, 7) is 5.62. The Morgan fingerprint density at radius 1 is 1.55 bits per heavy atom. The van der Waals surface area contributed by atoms with Crippen LogP contribution in [0.3, 0.4) is 0 Å². The molecule has 1 fully saturated rings. The van der Waals surface area contributed by atoms with Gasteiger partial charge in [-0.3, -0.25) is 0 Å². The number of ether oxygens (including phenoxy) is 2. The van der Waals surface area contributed by atoms with Gasteiger partial charge in [0.2, 0.25) is 0 Å². The third kappa shape index (κ3) is 3.04. The van der Waals surface area contributed by atoms with Crippen LogP contribution in [0, 0.1) is 12.8 Å². The van der Waals surface area contributed by atoms with Crippen molar-refractivity contribution in [2.45, 2.75) is 26.3 Å². The minimum Gasteiger partial charge on any atom is -0.465 e. The van der Waals surface area contributed by atoms with Crippen molar-refractivity contribution in [3.63, 3.8) is 0 Å². The molecule has 110 valence electrons. The average molecular weight is 278 g/mol. The molecule has 1 saturated heterocycles. The first kappa shape index (κ1) is 14.7. The first-order valence-electron chi connectivity index (χ1n) is 6.85. The van der Waals surface area contributed by atoms with E-state index in [1.54, 1.807) is 6.07 Å². The van der Waals surface area contributed by atoms with Crippen LogP contribution in [-0.4, -0.2) is 32.3 Å². The number of hydrogen-bond acceptors (Lipinski definition) is 5. The van der Waals surface area contributed by atoms with Crippen LogP contribution < -0.4 is 11.1 Å². The fourth-order valence-corrected chi connectivity index (χ4v) is 2.49. The van der Waals surface area contributed by atoms with Gasteiger partial charge in [-0.05, 0) is 38.0 Å². The molecular formula is C15H22N2O3. The maximum Gasteiger partial charge on any atom is 0.340 e. The second-order valence-electron chi connectivity index (χ2n) is 5.30. The number of nitrogens with two attached hydrogens (primary N) is 1. The van der Waals surface area contributed by atoms with Crippen molar-refractivity contribution in [3.05, 3.63) is 23.3 Å². The van der Waals surface area contributed by atoms with Crippen LogP contribution in [0.15, 0.2) is 12.1 Å². The van der Waals surface area contributed by atoms with E-state index < -0.39 is 5.97 Å². The molecule has 0 bridgehead atoms. The number of carbonyl (C=O) groups excluding carboxylic acids is 1. The van der Waals surface area contributed by atoms with Crippen LogP contribution in [0.2, 0.25) is 0 Å². The van der Waals surface area contributed by atoms with Gasteiger partial charge in [-0.2, -0.15) is 0 Å². The van der Waals surface area contributed by atoms with Gasteiger partial charge >= 0.3 is 5.97 Å². The van der Waals surface area contributed by atoms with Gasteiger partial charge in [-0.15, -0.1) is 0 Å². The van der Waals surface area contributed by atoms with E-state index >= 15 is 0 Å². The van der Waals surface area contributed by atoms with Gasteiger partial charge in [0.1, 0.15) is 0 Å². The molecule has 1 aromatic rings. The summed E-state index contributed by atoms with van der Waals surface area (Å²) in [5.41, 5.74) is 8.56. The summed E-state index contributed by atoms with van der Waals surface area (Å²) >= 11 is 0. The number of anilines is 2. The molecule has 20 heavy (non-hydrogen) atoms. The van der Waals surface area contributed by atoms with Gasteiger partial charge < -0.3 is 20.5 Å². The molecule has 2 unspecified atom stereocenters. The maximum absolute atomic E-state index is 11.7. The van der Waals surface area contributed by atoms with Crippen LogP contribution in [-0.2, 0) is 9.47 Å². The fraction of sp³-hybridized carbons (Fsp3) is 0.533. The number of methoxy groups -OCH3 is 1. The monoisotopic (exact) mass is 278 g/mol. The van der Waals surface area contributed by atoms with Crippen LogP contribution >= 0.6 is 0 Å². The number of rotatable bonds is 4. The standard InChI is InChI=1S/C15H22N2O3/c1-9-6-12(7-13(14(9)16)15(18)19-3)17-10(2)11-4-5-20-8-11/h6-7,10-11,17H,4-5,8,16H2,1-3H3. The molecule has 0 aliphatic carbocycles. The highest BCUT2D eigenvalue weighted by atomic mass is 16.5. The van der Waals surface area contributed by atoms with E-state index in [1.165, 1.54) is 7.11 Å². The Bertz CT molecular complexity index is 496. The normalized spacial score (nSPS) is 19.6. The van der Waals surface area contributed by atoms with Crippen molar-refractivity contribution in [3.8, 4) is 0 Å². The number of nitrogen functional groups attached to an aromatic ring is 1. The van der Waals surface area contributed by atoms with Crippen LogP contribution in [0.25, 0.3) is 0 Å². The lowest BCUT2D eigenvalue weighted by atomic mass is 9.99. The van der Waals surface area contributed by atoms with E-state index in [2.05, 4.69) is 12.2 Å². The molecule has 0 spiro atoms. The third-order valence-electron chi connectivity index (χ3n) is 3.86. The molecule has 5 heteroatoms. The molecule has 1 aliphatic rings. The third-order valence-corrected chi connectivity index (χ3v) is 3.86. The Labute approximate surface area is 119 Å². The molecule has 0 aromatic heterocycles. The summed E-state index contributed by atoms with van der Waals surface area (Å²) in [5.74, 6) is 0.0838. The lowest BCUT2D eigenvalue weighted by Crippen LogP contribution is -2.26. The quantitative estimate of drug-likeness (QED) is 0.652. The lowest BCUT2D eigenvalue weighted by molar-refractivity contribution is 0.0602. The average Bonchev–Trinajstić information content (AvgIpc) is 2.96. The van der Waals surface area contributed by atoms with Crippen molar-refractivity contribution in [1.29, 1.82) is 0 Å². The molecule has 0 saturated carbocycles. The smallest absolute Gasteiger partial charge is 0.340 e. The van der Waals surface area contributed by atoms with Crippen molar-refractivity contribution >= 4 is 17.3 Å². The van der Waals surface area contributed by atoms with Crippen LogP contribution in [0.4, 0.5) is 11.4 Å². The molecule has 2 atom stereocenters. The molecule has 1 aliphatic heterocycles. The number of hydrogen-bond donors (Lipinski definition) is 2. The number of benzene rings is 1. The predicted molar refractivity (Wildman–Crippen MR) is 78.9 cm³/mol. The first-order chi connectivity index (χ1) is 9.52. The minimum absolute atomic E-state index is 0.283. The van der Waals surface area contributed by atoms with E-state index in [1.807, 2.05) is 13.0 Å².